The first kappa shape index (κ1) is 22.1. The number of pyridine rings is 1. The van der Waals surface area contributed by atoms with E-state index in [1.807, 2.05) is 36.4 Å². The van der Waals surface area contributed by atoms with E-state index >= 15 is 0 Å². The van der Waals surface area contributed by atoms with Crippen molar-refractivity contribution in [3.05, 3.63) is 70.6 Å². The summed E-state index contributed by atoms with van der Waals surface area (Å²) in [6, 6.07) is 15.0. The molecule has 4 rings (SSSR count). The van der Waals surface area contributed by atoms with Gasteiger partial charge < -0.3 is 19.7 Å². The van der Waals surface area contributed by atoms with Gasteiger partial charge in [-0.15, -0.1) is 0 Å². The predicted octanol–water partition coefficient (Wildman–Crippen LogP) is 4.13. The Morgan fingerprint density at radius 2 is 1.88 bits per heavy atom. The van der Waals surface area contributed by atoms with Gasteiger partial charge in [-0.1, -0.05) is 31.0 Å². The van der Waals surface area contributed by atoms with E-state index in [1.54, 1.807) is 30.0 Å². The zero-order valence-corrected chi connectivity index (χ0v) is 18.4. The van der Waals surface area contributed by atoms with E-state index in [2.05, 4.69) is 5.32 Å². The van der Waals surface area contributed by atoms with Crippen LogP contribution >= 0.6 is 0 Å². The molecule has 1 aromatic heterocycles. The number of fused-ring (bicyclic) bond motifs is 1. The Balaban J connectivity index is 1.46. The lowest BCUT2D eigenvalue weighted by Crippen LogP contribution is -2.32. The van der Waals surface area contributed by atoms with Gasteiger partial charge in [-0.25, -0.2) is 0 Å². The number of aliphatic hydroxyl groups excluding tert-OH is 1. The van der Waals surface area contributed by atoms with Gasteiger partial charge in [0.25, 0.3) is 5.56 Å². The second kappa shape index (κ2) is 10.0. The molecule has 1 amide bonds. The van der Waals surface area contributed by atoms with Gasteiger partial charge in [0.05, 0.1) is 13.2 Å². The molecule has 168 valence electrons. The van der Waals surface area contributed by atoms with Crippen LogP contribution in [0.15, 0.2) is 59.5 Å². The third-order valence-electron chi connectivity index (χ3n) is 6.39. The predicted molar refractivity (Wildman–Crippen MR) is 126 cm³/mol. The molecule has 2 unspecified atom stereocenters. The van der Waals surface area contributed by atoms with E-state index in [4.69, 9.17) is 4.74 Å². The first-order valence-electron chi connectivity index (χ1n) is 11.3. The van der Waals surface area contributed by atoms with Crippen molar-refractivity contribution in [2.24, 2.45) is 5.92 Å². The Hall–Kier alpha value is -3.12. The van der Waals surface area contributed by atoms with E-state index in [0.29, 0.717) is 30.5 Å². The number of rotatable bonds is 7. The van der Waals surface area contributed by atoms with Crippen LogP contribution in [0.5, 0.6) is 5.75 Å². The molecular formula is C26H30N2O4. The van der Waals surface area contributed by atoms with Crippen LogP contribution in [0.1, 0.15) is 37.7 Å². The number of carbonyl (C=O) groups excluding carboxylic acids is 1. The van der Waals surface area contributed by atoms with Gasteiger partial charge in [-0.3, -0.25) is 9.59 Å². The van der Waals surface area contributed by atoms with Crippen molar-refractivity contribution < 1.29 is 14.6 Å². The molecule has 2 atom stereocenters. The number of anilines is 1. The van der Waals surface area contributed by atoms with Gasteiger partial charge in [-0.05, 0) is 55.2 Å². The molecule has 0 aliphatic heterocycles. The van der Waals surface area contributed by atoms with Crippen LogP contribution in [0.2, 0.25) is 0 Å². The summed E-state index contributed by atoms with van der Waals surface area (Å²) in [5.74, 6) is 0.806. The SMILES string of the molecule is COc1ccc(CCC(=O)Nc2cccc3c(=O)n(CC4CCCCC4O)ccc23)cc1. The molecule has 32 heavy (non-hydrogen) atoms. The molecule has 1 saturated carbocycles. The number of benzene rings is 2. The highest BCUT2D eigenvalue weighted by molar-refractivity contribution is 6.01. The first-order valence-corrected chi connectivity index (χ1v) is 11.3. The molecule has 0 saturated heterocycles. The molecule has 0 radical (unpaired) electrons. The lowest BCUT2D eigenvalue weighted by Gasteiger charge is -2.28. The number of methoxy groups -OCH3 is 1. The largest absolute Gasteiger partial charge is 0.497 e. The molecule has 2 N–H and O–H groups in total. The number of hydrogen-bond acceptors (Lipinski definition) is 4. The molecule has 6 heteroatoms. The first-order chi connectivity index (χ1) is 15.5. The number of aryl methyl sites for hydroxylation is 1. The topological polar surface area (TPSA) is 80.6 Å². The molecule has 2 aromatic carbocycles. The third kappa shape index (κ3) is 5.02. The molecule has 0 bridgehead atoms. The number of amides is 1. The Bertz CT molecular complexity index is 1140. The van der Waals surface area contributed by atoms with Crippen molar-refractivity contribution in [3.8, 4) is 5.75 Å². The molecule has 1 heterocycles. The number of ether oxygens (including phenoxy) is 1. The lowest BCUT2D eigenvalue weighted by atomic mass is 9.86. The average molecular weight is 435 g/mol. The van der Waals surface area contributed by atoms with Crippen LogP contribution in [0.3, 0.4) is 0 Å². The number of hydrogen-bond donors (Lipinski definition) is 2. The second-order valence-corrected chi connectivity index (χ2v) is 8.55. The summed E-state index contributed by atoms with van der Waals surface area (Å²) < 4.78 is 6.85. The van der Waals surface area contributed by atoms with Gasteiger partial charge in [0.1, 0.15) is 5.75 Å². The number of carbonyl (C=O) groups is 1. The van der Waals surface area contributed by atoms with E-state index in [-0.39, 0.29) is 23.5 Å². The van der Waals surface area contributed by atoms with E-state index in [1.165, 1.54) is 0 Å². The fourth-order valence-electron chi connectivity index (χ4n) is 4.49. The van der Waals surface area contributed by atoms with Crippen molar-refractivity contribution in [3.63, 3.8) is 0 Å². The Kier molecular flexibility index (Phi) is 6.90. The van der Waals surface area contributed by atoms with Crippen LogP contribution in [0.4, 0.5) is 5.69 Å². The molecule has 0 spiro atoms. The molecular weight excluding hydrogens is 404 g/mol. The minimum Gasteiger partial charge on any atom is -0.497 e. The van der Waals surface area contributed by atoms with Crippen LogP contribution in [-0.4, -0.2) is 28.8 Å². The summed E-state index contributed by atoms with van der Waals surface area (Å²) in [6.07, 6.45) is 6.29. The Morgan fingerprint density at radius 1 is 1.09 bits per heavy atom. The van der Waals surface area contributed by atoms with Crippen LogP contribution < -0.4 is 15.6 Å². The summed E-state index contributed by atoms with van der Waals surface area (Å²) in [5.41, 5.74) is 1.62. The highest BCUT2D eigenvalue weighted by Crippen LogP contribution is 2.26. The maximum Gasteiger partial charge on any atom is 0.258 e. The summed E-state index contributed by atoms with van der Waals surface area (Å²) in [5, 5.41) is 14.5. The van der Waals surface area contributed by atoms with E-state index in [0.717, 1.165) is 42.4 Å². The lowest BCUT2D eigenvalue weighted by molar-refractivity contribution is -0.116. The minimum absolute atomic E-state index is 0.0883. The average Bonchev–Trinajstić information content (AvgIpc) is 2.81. The van der Waals surface area contributed by atoms with Gasteiger partial charge in [0.15, 0.2) is 0 Å². The van der Waals surface area contributed by atoms with Gasteiger partial charge in [0.2, 0.25) is 5.91 Å². The number of nitrogens with one attached hydrogen (secondary N) is 1. The standard InChI is InChI=1S/C26H30N2O4/c1-32-20-12-9-18(10-13-20)11-14-25(30)27-23-7-4-6-22-21(23)15-16-28(26(22)31)17-19-5-2-3-8-24(19)29/h4,6-7,9-10,12-13,15-16,19,24,29H,2-3,5,8,11,14,17H2,1H3,(H,27,30). The summed E-state index contributed by atoms with van der Waals surface area (Å²) in [7, 11) is 1.63. The number of aliphatic hydroxyl groups is 1. The summed E-state index contributed by atoms with van der Waals surface area (Å²) in [4.78, 5) is 25.6. The maximum atomic E-state index is 13.1. The normalized spacial score (nSPS) is 18.4. The van der Waals surface area contributed by atoms with Crippen molar-refractivity contribution in [2.45, 2.75) is 51.2 Å². The van der Waals surface area contributed by atoms with Gasteiger partial charge in [0, 0.05) is 41.5 Å². The highest BCUT2D eigenvalue weighted by atomic mass is 16.5. The van der Waals surface area contributed by atoms with Gasteiger partial charge in [-0.2, -0.15) is 0 Å². The zero-order chi connectivity index (χ0) is 22.5. The van der Waals surface area contributed by atoms with Crippen LogP contribution in [-0.2, 0) is 17.8 Å². The van der Waals surface area contributed by atoms with E-state index < -0.39 is 0 Å². The van der Waals surface area contributed by atoms with Crippen molar-refractivity contribution in [1.82, 2.24) is 4.57 Å². The van der Waals surface area contributed by atoms with Crippen LogP contribution in [0, 0.1) is 5.92 Å². The zero-order valence-electron chi connectivity index (χ0n) is 18.4. The summed E-state index contributed by atoms with van der Waals surface area (Å²) in [6.45, 7) is 0.522. The monoisotopic (exact) mass is 434 g/mol. The van der Waals surface area contributed by atoms with Crippen LogP contribution in [0.25, 0.3) is 10.8 Å². The minimum atomic E-state index is -0.345. The second-order valence-electron chi connectivity index (χ2n) is 8.55. The molecule has 1 aliphatic rings. The highest BCUT2D eigenvalue weighted by Gasteiger charge is 2.23. The molecule has 6 nitrogen and oxygen atoms in total. The Labute approximate surface area is 187 Å². The number of nitrogens with zero attached hydrogens (tertiary/aromatic N) is 1. The quantitative estimate of drug-likeness (QED) is 0.586. The molecule has 1 aliphatic carbocycles. The Morgan fingerprint density at radius 3 is 2.62 bits per heavy atom. The van der Waals surface area contributed by atoms with E-state index in [9.17, 15) is 14.7 Å². The smallest absolute Gasteiger partial charge is 0.258 e. The van der Waals surface area contributed by atoms with Gasteiger partial charge >= 0.3 is 0 Å². The third-order valence-corrected chi connectivity index (χ3v) is 6.39. The van der Waals surface area contributed by atoms with Crippen molar-refractivity contribution >= 4 is 22.4 Å². The fourth-order valence-corrected chi connectivity index (χ4v) is 4.49. The molecule has 1 fully saturated rings. The fraction of sp³-hybridized carbons (Fsp3) is 0.385. The number of aromatic nitrogens is 1. The van der Waals surface area contributed by atoms with Crippen molar-refractivity contribution in [1.29, 1.82) is 0 Å². The molecule has 3 aromatic rings. The maximum absolute atomic E-state index is 13.1. The summed E-state index contributed by atoms with van der Waals surface area (Å²) >= 11 is 0. The van der Waals surface area contributed by atoms with Crippen molar-refractivity contribution in [2.75, 3.05) is 12.4 Å².